The van der Waals surface area contributed by atoms with Crippen LogP contribution in [0.4, 0.5) is 0 Å². The molecule has 0 bridgehead atoms. The maximum Gasteiger partial charge on any atom is 0.227 e. The highest BCUT2D eigenvalue weighted by Crippen LogP contribution is 2.20. The summed E-state index contributed by atoms with van der Waals surface area (Å²) in [4.78, 5) is 21.8. The maximum atomic E-state index is 12.9. The summed E-state index contributed by atoms with van der Waals surface area (Å²) in [5.74, 6) is 1.82. The molecule has 3 aromatic rings. The van der Waals surface area contributed by atoms with Crippen molar-refractivity contribution in [2.45, 2.75) is 32.7 Å². The number of imidazole rings is 1. The van der Waals surface area contributed by atoms with Gasteiger partial charge in [-0.15, -0.1) is 0 Å². The van der Waals surface area contributed by atoms with E-state index in [2.05, 4.69) is 58.8 Å². The first-order valence-electron chi connectivity index (χ1n) is 10.6. The minimum atomic E-state index is 0.234. The van der Waals surface area contributed by atoms with E-state index in [0.29, 0.717) is 12.3 Å². The molecule has 2 aromatic carbocycles. The quantitative estimate of drug-likeness (QED) is 0.646. The number of nitrogens with zero attached hydrogens (tertiary/aromatic N) is 4. The van der Waals surface area contributed by atoms with Crippen molar-refractivity contribution in [2.24, 2.45) is 0 Å². The van der Waals surface area contributed by atoms with Crippen LogP contribution >= 0.6 is 0 Å². The number of benzene rings is 2. The van der Waals surface area contributed by atoms with E-state index in [0.717, 1.165) is 50.7 Å². The summed E-state index contributed by atoms with van der Waals surface area (Å²) >= 11 is 0. The van der Waals surface area contributed by atoms with E-state index < -0.39 is 0 Å². The van der Waals surface area contributed by atoms with Crippen molar-refractivity contribution in [2.75, 3.05) is 32.7 Å². The van der Waals surface area contributed by atoms with Gasteiger partial charge in [-0.2, -0.15) is 0 Å². The lowest BCUT2D eigenvalue weighted by molar-refractivity contribution is -0.132. The number of fused-ring (bicyclic) bond motifs is 1. The van der Waals surface area contributed by atoms with Crippen molar-refractivity contribution in [3.8, 4) is 0 Å². The minimum absolute atomic E-state index is 0.234. The summed E-state index contributed by atoms with van der Waals surface area (Å²) in [6, 6.07) is 14.5. The second-order valence-corrected chi connectivity index (χ2v) is 8.17. The zero-order chi connectivity index (χ0) is 20.2. The molecule has 1 saturated heterocycles. The lowest BCUT2D eigenvalue weighted by Gasteiger charge is -2.35. The molecule has 5 heteroatoms. The monoisotopic (exact) mass is 390 g/mol. The molecule has 2 heterocycles. The van der Waals surface area contributed by atoms with Gasteiger partial charge in [0, 0.05) is 57.6 Å². The molecule has 0 saturated carbocycles. The average molecular weight is 391 g/mol. The Hall–Kier alpha value is -2.66. The Bertz CT molecular complexity index is 964. The third kappa shape index (κ3) is 4.51. The molecule has 1 amide bonds. The standard InChI is InChI=1S/C24H30N4O/c1-19(2)24-25-10-11-28(24)17-14-26-12-15-27(16-13-26)23(29)18-21-8-5-7-20-6-3-4-9-22(20)21/h3-11,19H,12-18H2,1-2H3. The highest BCUT2D eigenvalue weighted by molar-refractivity contribution is 5.90. The Morgan fingerprint density at radius 2 is 1.76 bits per heavy atom. The number of hydrogen-bond acceptors (Lipinski definition) is 3. The highest BCUT2D eigenvalue weighted by Gasteiger charge is 2.21. The van der Waals surface area contributed by atoms with Crippen molar-refractivity contribution in [1.82, 2.24) is 19.4 Å². The van der Waals surface area contributed by atoms with Gasteiger partial charge in [0.25, 0.3) is 0 Å². The van der Waals surface area contributed by atoms with Crippen LogP contribution in [0.1, 0.15) is 31.2 Å². The molecule has 152 valence electrons. The summed E-state index contributed by atoms with van der Waals surface area (Å²) in [5, 5.41) is 2.38. The number of rotatable bonds is 6. The number of aromatic nitrogens is 2. The van der Waals surface area contributed by atoms with Gasteiger partial charge >= 0.3 is 0 Å². The predicted molar refractivity (Wildman–Crippen MR) is 117 cm³/mol. The summed E-state index contributed by atoms with van der Waals surface area (Å²) in [7, 11) is 0. The molecule has 0 unspecified atom stereocenters. The molecule has 0 spiro atoms. The van der Waals surface area contributed by atoms with Gasteiger partial charge in [-0.1, -0.05) is 56.3 Å². The molecule has 0 aliphatic carbocycles. The molecule has 4 rings (SSSR count). The Balaban J connectivity index is 1.30. The number of amides is 1. The third-order valence-electron chi connectivity index (χ3n) is 5.87. The molecule has 0 N–H and O–H groups in total. The summed E-state index contributed by atoms with van der Waals surface area (Å²) in [5.41, 5.74) is 1.12. The molecular formula is C24H30N4O. The number of piperazine rings is 1. The third-order valence-corrected chi connectivity index (χ3v) is 5.87. The van der Waals surface area contributed by atoms with Crippen LogP contribution in [-0.2, 0) is 17.8 Å². The lowest BCUT2D eigenvalue weighted by Crippen LogP contribution is -2.49. The predicted octanol–water partition coefficient (Wildman–Crippen LogP) is 3.55. The van der Waals surface area contributed by atoms with Gasteiger partial charge in [-0.3, -0.25) is 9.69 Å². The second kappa shape index (κ2) is 8.78. The van der Waals surface area contributed by atoms with E-state index in [9.17, 15) is 4.79 Å². The lowest BCUT2D eigenvalue weighted by atomic mass is 10.0. The largest absolute Gasteiger partial charge is 0.340 e. The fourth-order valence-electron chi connectivity index (χ4n) is 4.20. The van der Waals surface area contributed by atoms with Crippen LogP contribution in [0.15, 0.2) is 54.9 Å². The Kier molecular flexibility index (Phi) is 5.95. The van der Waals surface area contributed by atoms with E-state index in [1.54, 1.807) is 0 Å². The van der Waals surface area contributed by atoms with Gasteiger partial charge in [-0.05, 0) is 16.3 Å². The summed E-state index contributed by atoms with van der Waals surface area (Å²) in [6.07, 6.45) is 4.44. The Labute approximate surface area is 172 Å². The zero-order valence-electron chi connectivity index (χ0n) is 17.4. The first kappa shape index (κ1) is 19.6. The van der Waals surface area contributed by atoms with Gasteiger partial charge in [0.05, 0.1) is 6.42 Å². The van der Waals surface area contributed by atoms with Crippen LogP contribution in [0, 0.1) is 0 Å². The van der Waals surface area contributed by atoms with E-state index in [1.807, 2.05) is 29.3 Å². The molecule has 1 fully saturated rings. The van der Waals surface area contributed by atoms with Crippen LogP contribution in [0.25, 0.3) is 10.8 Å². The van der Waals surface area contributed by atoms with E-state index in [-0.39, 0.29) is 5.91 Å². The topological polar surface area (TPSA) is 41.4 Å². The molecule has 1 aliphatic rings. The maximum absolute atomic E-state index is 12.9. The molecule has 0 atom stereocenters. The van der Waals surface area contributed by atoms with Crippen LogP contribution in [-0.4, -0.2) is 58.0 Å². The molecule has 5 nitrogen and oxygen atoms in total. The Morgan fingerprint density at radius 3 is 2.55 bits per heavy atom. The highest BCUT2D eigenvalue weighted by atomic mass is 16.2. The molecule has 1 aliphatic heterocycles. The van der Waals surface area contributed by atoms with E-state index >= 15 is 0 Å². The van der Waals surface area contributed by atoms with E-state index in [1.165, 1.54) is 10.8 Å². The van der Waals surface area contributed by atoms with Gasteiger partial charge in [-0.25, -0.2) is 4.98 Å². The minimum Gasteiger partial charge on any atom is -0.340 e. The number of carbonyl (C=O) groups is 1. The van der Waals surface area contributed by atoms with Crippen molar-refractivity contribution >= 4 is 16.7 Å². The normalized spacial score (nSPS) is 15.3. The van der Waals surface area contributed by atoms with Gasteiger partial charge in [0.1, 0.15) is 5.82 Å². The Morgan fingerprint density at radius 1 is 1.00 bits per heavy atom. The van der Waals surface area contributed by atoms with Gasteiger partial charge in [0.2, 0.25) is 5.91 Å². The molecule has 1 aromatic heterocycles. The number of hydrogen-bond donors (Lipinski definition) is 0. The fourth-order valence-corrected chi connectivity index (χ4v) is 4.20. The van der Waals surface area contributed by atoms with Crippen LogP contribution < -0.4 is 0 Å². The van der Waals surface area contributed by atoms with Crippen molar-refractivity contribution in [3.63, 3.8) is 0 Å². The van der Waals surface area contributed by atoms with Gasteiger partial charge in [0.15, 0.2) is 0 Å². The van der Waals surface area contributed by atoms with Crippen molar-refractivity contribution in [1.29, 1.82) is 0 Å². The SMILES string of the molecule is CC(C)c1nccn1CCN1CCN(C(=O)Cc2cccc3ccccc23)CC1. The molecule has 0 radical (unpaired) electrons. The van der Waals surface area contributed by atoms with Crippen LogP contribution in [0.3, 0.4) is 0 Å². The first-order valence-corrected chi connectivity index (χ1v) is 10.6. The zero-order valence-corrected chi connectivity index (χ0v) is 17.4. The van der Waals surface area contributed by atoms with Gasteiger partial charge < -0.3 is 9.47 Å². The smallest absolute Gasteiger partial charge is 0.227 e. The van der Waals surface area contributed by atoms with Crippen LogP contribution in [0.2, 0.25) is 0 Å². The summed E-state index contributed by atoms with van der Waals surface area (Å²) in [6.45, 7) is 9.81. The fraction of sp³-hybridized carbons (Fsp3) is 0.417. The van der Waals surface area contributed by atoms with E-state index in [4.69, 9.17) is 0 Å². The summed E-state index contributed by atoms with van der Waals surface area (Å²) < 4.78 is 2.25. The average Bonchev–Trinajstić information content (AvgIpc) is 3.22. The van der Waals surface area contributed by atoms with Crippen LogP contribution in [0.5, 0.6) is 0 Å². The number of carbonyl (C=O) groups excluding carboxylic acids is 1. The molecule has 29 heavy (non-hydrogen) atoms. The molecular weight excluding hydrogens is 360 g/mol. The van der Waals surface area contributed by atoms with Crippen molar-refractivity contribution in [3.05, 3.63) is 66.2 Å². The second-order valence-electron chi connectivity index (χ2n) is 8.17. The first-order chi connectivity index (χ1) is 14.1. The van der Waals surface area contributed by atoms with Crippen molar-refractivity contribution < 1.29 is 4.79 Å².